The van der Waals surface area contributed by atoms with E-state index in [9.17, 15) is 4.79 Å². The van der Waals surface area contributed by atoms with Gasteiger partial charge in [-0.1, -0.05) is 35.9 Å². The number of fused-ring (bicyclic) bond motifs is 1. The predicted octanol–water partition coefficient (Wildman–Crippen LogP) is 6.88. The number of nitrogens with zero attached hydrogens (tertiary/aromatic N) is 2. The van der Waals surface area contributed by atoms with Crippen molar-refractivity contribution >= 4 is 45.4 Å². The first-order valence-electron chi connectivity index (χ1n) is 11.3. The Morgan fingerprint density at radius 1 is 1.18 bits per heavy atom. The number of thiophene rings is 1. The molecule has 2 aromatic heterocycles. The van der Waals surface area contributed by atoms with Gasteiger partial charge < -0.3 is 15.0 Å². The standard InChI is InChI=1S/C27H28ClN3O2S/c1-19(30-24-17-23(33-2)16-21-7-3-13-29-26(21)24)6-4-14-31(27(32)25-8-5-15-34-25)18-20-9-11-22(28)12-10-20/h3,5,7-13,15-17,19,30H,4,6,14,18H2,1-2H3. The van der Waals surface area contributed by atoms with Gasteiger partial charge in [-0.2, -0.15) is 0 Å². The number of pyridine rings is 1. The number of anilines is 1. The first kappa shape index (κ1) is 24.0. The quantitative estimate of drug-likeness (QED) is 0.261. The number of ether oxygens (including phenoxy) is 1. The lowest BCUT2D eigenvalue weighted by molar-refractivity contribution is 0.0744. The highest BCUT2D eigenvalue weighted by molar-refractivity contribution is 7.12. The van der Waals surface area contributed by atoms with E-state index in [2.05, 4.69) is 17.2 Å². The minimum absolute atomic E-state index is 0.0635. The van der Waals surface area contributed by atoms with Crippen LogP contribution in [0.15, 0.2) is 72.2 Å². The number of amides is 1. The van der Waals surface area contributed by atoms with Crippen LogP contribution in [0.25, 0.3) is 10.9 Å². The van der Waals surface area contributed by atoms with Crippen LogP contribution in [0, 0.1) is 0 Å². The lowest BCUT2D eigenvalue weighted by atomic mass is 10.1. The van der Waals surface area contributed by atoms with Crippen LogP contribution < -0.4 is 10.1 Å². The van der Waals surface area contributed by atoms with Crippen LogP contribution in [0.5, 0.6) is 5.75 Å². The van der Waals surface area contributed by atoms with E-state index in [0.29, 0.717) is 18.1 Å². The summed E-state index contributed by atoms with van der Waals surface area (Å²) < 4.78 is 5.46. The number of nitrogens with one attached hydrogen (secondary N) is 1. The molecule has 1 N–H and O–H groups in total. The van der Waals surface area contributed by atoms with Crippen molar-refractivity contribution in [1.82, 2.24) is 9.88 Å². The van der Waals surface area contributed by atoms with Gasteiger partial charge in [0.15, 0.2) is 0 Å². The fourth-order valence-electron chi connectivity index (χ4n) is 3.94. The molecule has 1 amide bonds. The predicted molar refractivity (Wildman–Crippen MR) is 141 cm³/mol. The molecule has 4 rings (SSSR count). The molecular formula is C27H28ClN3O2S. The van der Waals surface area contributed by atoms with Gasteiger partial charge in [0.1, 0.15) is 5.75 Å². The van der Waals surface area contributed by atoms with Crippen LogP contribution >= 0.6 is 22.9 Å². The van der Waals surface area contributed by atoms with Gasteiger partial charge in [0.25, 0.3) is 5.91 Å². The van der Waals surface area contributed by atoms with E-state index in [1.807, 2.05) is 70.9 Å². The summed E-state index contributed by atoms with van der Waals surface area (Å²) in [5, 5.41) is 7.25. The number of hydrogen-bond donors (Lipinski definition) is 1. The van der Waals surface area contributed by atoms with Crippen molar-refractivity contribution in [3.8, 4) is 5.75 Å². The Labute approximate surface area is 209 Å². The summed E-state index contributed by atoms with van der Waals surface area (Å²) in [5.74, 6) is 0.861. The van der Waals surface area contributed by atoms with E-state index >= 15 is 0 Å². The van der Waals surface area contributed by atoms with Crippen LogP contribution in [0.2, 0.25) is 5.02 Å². The van der Waals surface area contributed by atoms with E-state index in [-0.39, 0.29) is 11.9 Å². The zero-order valence-electron chi connectivity index (χ0n) is 19.3. The van der Waals surface area contributed by atoms with Gasteiger partial charge >= 0.3 is 0 Å². The highest BCUT2D eigenvalue weighted by Gasteiger charge is 2.18. The average molecular weight is 494 g/mol. The van der Waals surface area contributed by atoms with Gasteiger partial charge in [-0.25, -0.2) is 0 Å². The van der Waals surface area contributed by atoms with Crippen LogP contribution in [-0.4, -0.2) is 35.5 Å². The van der Waals surface area contributed by atoms with Crippen molar-refractivity contribution in [2.24, 2.45) is 0 Å². The molecule has 0 aliphatic carbocycles. The van der Waals surface area contributed by atoms with E-state index < -0.39 is 0 Å². The summed E-state index contributed by atoms with van der Waals surface area (Å²) in [6, 6.07) is 19.6. The highest BCUT2D eigenvalue weighted by Crippen LogP contribution is 2.28. The van der Waals surface area contributed by atoms with Crippen LogP contribution in [0.4, 0.5) is 5.69 Å². The Kier molecular flexibility index (Phi) is 8.03. The molecule has 176 valence electrons. The summed E-state index contributed by atoms with van der Waals surface area (Å²) >= 11 is 7.51. The second kappa shape index (κ2) is 11.4. The molecule has 0 bridgehead atoms. The maximum atomic E-state index is 13.1. The van der Waals surface area contributed by atoms with Crippen molar-refractivity contribution in [3.05, 3.63) is 87.7 Å². The fourth-order valence-corrected chi connectivity index (χ4v) is 4.75. The van der Waals surface area contributed by atoms with Gasteiger partial charge in [-0.3, -0.25) is 9.78 Å². The van der Waals surface area contributed by atoms with E-state index in [0.717, 1.165) is 45.6 Å². The number of hydrogen-bond acceptors (Lipinski definition) is 5. The molecule has 0 aliphatic rings. The number of aromatic nitrogens is 1. The van der Waals surface area contributed by atoms with Crippen molar-refractivity contribution < 1.29 is 9.53 Å². The number of rotatable bonds is 10. The van der Waals surface area contributed by atoms with Crippen LogP contribution in [0.1, 0.15) is 35.0 Å². The molecule has 2 aromatic carbocycles. The third-order valence-electron chi connectivity index (χ3n) is 5.69. The SMILES string of the molecule is COc1cc(NC(C)CCCN(Cc2ccc(Cl)cc2)C(=O)c2cccs2)c2ncccc2c1. The average Bonchev–Trinajstić information content (AvgIpc) is 3.39. The first-order valence-corrected chi connectivity index (χ1v) is 12.6. The van der Waals surface area contributed by atoms with Crippen molar-refractivity contribution in [1.29, 1.82) is 0 Å². The topological polar surface area (TPSA) is 54.5 Å². The number of carbonyl (C=O) groups excluding carboxylic acids is 1. The molecule has 0 saturated heterocycles. The van der Waals surface area contributed by atoms with Crippen molar-refractivity contribution in [3.63, 3.8) is 0 Å². The van der Waals surface area contributed by atoms with E-state index in [4.69, 9.17) is 16.3 Å². The second-order valence-corrected chi connectivity index (χ2v) is 9.65. The Morgan fingerprint density at radius 2 is 2.00 bits per heavy atom. The van der Waals surface area contributed by atoms with Gasteiger partial charge in [0.05, 0.1) is 23.2 Å². The van der Waals surface area contributed by atoms with Crippen LogP contribution in [-0.2, 0) is 6.54 Å². The van der Waals surface area contributed by atoms with Crippen molar-refractivity contribution in [2.75, 3.05) is 19.0 Å². The molecule has 0 fully saturated rings. The van der Waals surface area contributed by atoms with Gasteiger partial charge in [0.2, 0.25) is 0 Å². The highest BCUT2D eigenvalue weighted by atomic mass is 35.5. The molecule has 2 heterocycles. The normalized spacial score (nSPS) is 11.9. The number of halogens is 1. The summed E-state index contributed by atoms with van der Waals surface area (Å²) in [6.45, 7) is 3.38. The molecule has 7 heteroatoms. The zero-order valence-corrected chi connectivity index (χ0v) is 20.9. The molecular weight excluding hydrogens is 466 g/mol. The van der Waals surface area contributed by atoms with Crippen molar-refractivity contribution in [2.45, 2.75) is 32.4 Å². The van der Waals surface area contributed by atoms with Gasteiger partial charge in [0, 0.05) is 41.8 Å². The molecule has 1 unspecified atom stereocenters. The van der Waals surface area contributed by atoms with Crippen LogP contribution in [0.3, 0.4) is 0 Å². The summed E-state index contributed by atoms with van der Waals surface area (Å²) in [5.41, 5.74) is 2.94. The molecule has 0 spiro atoms. The maximum Gasteiger partial charge on any atom is 0.264 e. The monoisotopic (exact) mass is 493 g/mol. The second-order valence-electron chi connectivity index (χ2n) is 8.27. The molecule has 34 heavy (non-hydrogen) atoms. The van der Waals surface area contributed by atoms with E-state index in [1.165, 1.54) is 11.3 Å². The molecule has 5 nitrogen and oxygen atoms in total. The lowest BCUT2D eigenvalue weighted by Crippen LogP contribution is -2.31. The van der Waals surface area contributed by atoms with E-state index in [1.54, 1.807) is 13.3 Å². The number of methoxy groups -OCH3 is 1. The molecule has 0 aliphatic heterocycles. The van der Waals surface area contributed by atoms with Gasteiger partial charge in [-0.15, -0.1) is 11.3 Å². The largest absolute Gasteiger partial charge is 0.497 e. The third kappa shape index (κ3) is 6.07. The molecule has 0 saturated carbocycles. The Balaban J connectivity index is 1.41. The molecule has 1 atom stereocenters. The fraction of sp³-hybridized carbons (Fsp3) is 0.259. The third-order valence-corrected chi connectivity index (χ3v) is 6.80. The van der Waals surface area contributed by atoms with Gasteiger partial charge in [-0.05, 0) is 61.0 Å². The molecule has 0 radical (unpaired) electrons. The summed E-state index contributed by atoms with van der Waals surface area (Å²) in [4.78, 5) is 20.4. The smallest absolute Gasteiger partial charge is 0.264 e. The minimum Gasteiger partial charge on any atom is -0.497 e. The maximum absolute atomic E-state index is 13.1. The minimum atomic E-state index is 0.0635. The lowest BCUT2D eigenvalue weighted by Gasteiger charge is -2.24. The number of benzene rings is 2. The summed E-state index contributed by atoms with van der Waals surface area (Å²) in [7, 11) is 1.67. The Morgan fingerprint density at radius 3 is 2.74 bits per heavy atom. The first-order chi connectivity index (χ1) is 16.5. The Hall–Kier alpha value is -3.09. The summed E-state index contributed by atoms with van der Waals surface area (Å²) in [6.07, 6.45) is 3.57. The molecule has 4 aromatic rings. The Bertz CT molecular complexity index is 1230. The number of carbonyl (C=O) groups is 1. The zero-order chi connectivity index (χ0) is 23.9.